The first-order valence-electron chi connectivity index (χ1n) is 4.65. The van der Waals surface area contributed by atoms with Gasteiger partial charge >= 0.3 is 0 Å². The normalized spacial score (nSPS) is 9.93. The van der Waals surface area contributed by atoms with Gasteiger partial charge in [-0.15, -0.1) is 0 Å². The minimum Gasteiger partial charge on any atom is -0.0616 e. The van der Waals surface area contributed by atoms with Crippen LogP contribution in [0.4, 0.5) is 0 Å². The maximum Gasteiger partial charge on any atom is 0 e. The van der Waals surface area contributed by atoms with E-state index in [0.717, 1.165) is 0 Å². The van der Waals surface area contributed by atoms with Crippen molar-refractivity contribution >= 4 is 40.3 Å². The molecule has 0 amide bonds. The van der Waals surface area contributed by atoms with Gasteiger partial charge in [0.05, 0.1) is 0 Å². The van der Waals surface area contributed by atoms with Gasteiger partial charge in [-0.3, -0.25) is 0 Å². The molecule has 0 aliphatic rings. The molecule has 0 atom stereocenters. The van der Waals surface area contributed by atoms with E-state index in [1.54, 1.807) is 0 Å². The molecular weight excluding hydrogens is 179 g/mol. The molecule has 0 heterocycles. The Labute approximate surface area is 108 Å². The molecule has 0 fully saturated rings. The van der Waals surface area contributed by atoms with Crippen molar-refractivity contribution in [1.29, 1.82) is 0 Å². The number of hydrogen-bond donors (Lipinski definition) is 0. The Bertz CT molecular complexity index is 458. The zero-order chi connectivity index (χ0) is 9.42. The second-order valence-electron chi connectivity index (χ2n) is 3.66. The summed E-state index contributed by atoms with van der Waals surface area (Å²) in [5.41, 5.74) is 4.21. The smallest absolute Gasteiger partial charge is 0 e. The van der Waals surface area contributed by atoms with Crippen LogP contribution in [0.1, 0.15) is 16.7 Å². The molecule has 0 saturated carbocycles. The van der Waals surface area contributed by atoms with Crippen molar-refractivity contribution in [1.82, 2.24) is 0 Å². The first-order valence-corrected chi connectivity index (χ1v) is 4.65. The molecule has 67 valence electrons. The fourth-order valence-corrected chi connectivity index (χ4v) is 1.80. The van der Waals surface area contributed by atoms with Crippen LogP contribution in [0.25, 0.3) is 10.8 Å². The molecule has 1 heteroatoms. The Balaban J connectivity index is 0.000000980. The van der Waals surface area contributed by atoms with Crippen LogP contribution in [0.3, 0.4) is 0 Å². The molecule has 0 aliphatic heterocycles. The molecule has 14 heavy (non-hydrogen) atoms. The number of fused-ring (bicyclic) bond motifs is 1. The van der Waals surface area contributed by atoms with Crippen LogP contribution in [-0.2, 0) is 0 Å². The van der Waals surface area contributed by atoms with Crippen LogP contribution < -0.4 is 0 Å². The van der Waals surface area contributed by atoms with Crippen molar-refractivity contribution in [2.45, 2.75) is 20.8 Å². The van der Waals surface area contributed by atoms with Crippen molar-refractivity contribution in [3.05, 3.63) is 47.0 Å². The molecule has 2 aromatic carbocycles. The summed E-state index contributed by atoms with van der Waals surface area (Å²) in [5.74, 6) is 0. The summed E-state index contributed by atoms with van der Waals surface area (Å²) in [7, 11) is 0. The summed E-state index contributed by atoms with van der Waals surface area (Å²) in [6.45, 7) is 6.57. The van der Waals surface area contributed by atoms with Crippen LogP contribution in [0.15, 0.2) is 30.3 Å². The summed E-state index contributed by atoms with van der Waals surface area (Å²) in [4.78, 5) is 0. The summed E-state index contributed by atoms with van der Waals surface area (Å²) >= 11 is 0. The van der Waals surface area contributed by atoms with Crippen molar-refractivity contribution < 1.29 is 0 Å². The van der Waals surface area contributed by atoms with Gasteiger partial charge in [-0.25, -0.2) is 0 Å². The second kappa shape index (κ2) is 4.48. The maximum atomic E-state index is 2.26. The number of aryl methyl sites for hydroxylation is 2. The fourth-order valence-electron chi connectivity index (χ4n) is 1.80. The Morgan fingerprint density at radius 1 is 0.857 bits per heavy atom. The molecule has 2 rings (SSSR count). The van der Waals surface area contributed by atoms with E-state index in [2.05, 4.69) is 51.1 Å². The quantitative estimate of drug-likeness (QED) is 0.563. The van der Waals surface area contributed by atoms with Crippen LogP contribution in [0.5, 0.6) is 0 Å². The first-order chi connectivity index (χ1) is 6.20. The van der Waals surface area contributed by atoms with E-state index in [4.69, 9.17) is 0 Å². The number of rotatable bonds is 0. The average Bonchev–Trinajstić information content (AvgIpc) is 2.15. The van der Waals surface area contributed by atoms with Crippen LogP contribution in [0.2, 0.25) is 0 Å². The Hall–Kier alpha value is -0.300. The van der Waals surface area contributed by atoms with Gasteiger partial charge in [0.1, 0.15) is 0 Å². The van der Waals surface area contributed by atoms with Crippen LogP contribution in [-0.4, -0.2) is 29.6 Å². The second-order valence-corrected chi connectivity index (χ2v) is 3.66. The third kappa shape index (κ3) is 1.88. The molecule has 0 N–H and O–H groups in total. The van der Waals surface area contributed by atoms with E-state index in [-0.39, 0.29) is 29.6 Å². The Morgan fingerprint density at radius 3 is 2.21 bits per heavy atom. The largest absolute Gasteiger partial charge is 0.0616 e. The van der Waals surface area contributed by atoms with Crippen molar-refractivity contribution in [2.75, 3.05) is 0 Å². The minimum atomic E-state index is 0. The number of hydrogen-bond acceptors (Lipinski definition) is 0. The third-order valence-corrected chi connectivity index (χ3v) is 2.89. The monoisotopic (exact) mass is 193 g/mol. The molecule has 0 nitrogen and oxygen atoms in total. The standard InChI is InChI=1S/C13H14.Na/c1-9-8-12-6-4-5-7-13(12)11(3)10(9)2;/h4-8H,1-3H3;. The fraction of sp³-hybridized carbons (Fsp3) is 0.231. The van der Waals surface area contributed by atoms with E-state index in [9.17, 15) is 0 Å². The molecule has 0 spiro atoms. The van der Waals surface area contributed by atoms with Crippen molar-refractivity contribution in [2.24, 2.45) is 0 Å². The molecular formula is C13H14Na. The topological polar surface area (TPSA) is 0 Å². The van der Waals surface area contributed by atoms with E-state index in [1.807, 2.05) is 0 Å². The summed E-state index contributed by atoms with van der Waals surface area (Å²) in [6, 6.07) is 10.8. The molecule has 0 unspecified atom stereocenters. The molecule has 2 aromatic rings. The maximum absolute atomic E-state index is 2.26. The first kappa shape index (κ1) is 11.8. The Morgan fingerprint density at radius 2 is 1.50 bits per heavy atom. The predicted octanol–water partition coefficient (Wildman–Crippen LogP) is 3.38. The average molecular weight is 193 g/mol. The SMILES string of the molecule is Cc1cc2ccccc2c(C)c1C.[Na]. The van der Waals surface area contributed by atoms with Gasteiger partial charge in [0.25, 0.3) is 0 Å². The molecule has 0 bridgehead atoms. The van der Waals surface area contributed by atoms with Gasteiger partial charge in [-0.1, -0.05) is 30.3 Å². The minimum absolute atomic E-state index is 0. The number of benzene rings is 2. The Kier molecular flexibility index (Phi) is 3.77. The van der Waals surface area contributed by atoms with E-state index < -0.39 is 0 Å². The summed E-state index contributed by atoms with van der Waals surface area (Å²) in [5, 5.41) is 2.73. The van der Waals surface area contributed by atoms with Gasteiger partial charge in [-0.2, -0.15) is 0 Å². The molecule has 1 radical (unpaired) electrons. The van der Waals surface area contributed by atoms with Crippen LogP contribution >= 0.6 is 0 Å². The van der Waals surface area contributed by atoms with E-state index in [0.29, 0.717) is 0 Å². The molecule has 0 saturated heterocycles. The van der Waals surface area contributed by atoms with Gasteiger partial charge < -0.3 is 0 Å². The molecule has 0 aromatic heterocycles. The third-order valence-electron chi connectivity index (χ3n) is 2.89. The van der Waals surface area contributed by atoms with Gasteiger partial charge in [-0.05, 0) is 48.2 Å². The van der Waals surface area contributed by atoms with E-state index >= 15 is 0 Å². The summed E-state index contributed by atoms with van der Waals surface area (Å²) in [6.07, 6.45) is 0. The predicted molar refractivity (Wildman–Crippen MR) is 63.9 cm³/mol. The van der Waals surface area contributed by atoms with Gasteiger partial charge in [0.15, 0.2) is 0 Å². The summed E-state index contributed by atoms with van der Waals surface area (Å²) < 4.78 is 0. The van der Waals surface area contributed by atoms with Crippen LogP contribution in [0, 0.1) is 20.8 Å². The zero-order valence-corrected chi connectivity index (χ0v) is 11.4. The molecule has 0 aliphatic carbocycles. The van der Waals surface area contributed by atoms with E-state index in [1.165, 1.54) is 27.5 Å². The van der Waals surface area contributed by atoms with Crippen molar-refractivity contribution in [3.8, 4) is 0 Å². The van der Waals surface area contributed by atoms with Crippen molar-refractivity contribution in [3.63, 3.8) is 0 Å². The van der Waals surface area contributed by atoms with Gasteiger partial charge in [0.2, 0.25) is 0 Å². The zero-order valence-electron chi connectivity index (χ0n) is 9.39. The van der Waals surface area contributed by atoms with Gasteiger partial charge in [0, 0.05) is 29.6 Å².